The molecule has 18 heavy (non-hydrogen) atoms. The molecule has 0 aromatic rings. The number of carbonyl (C=O) groups excluding carboxylic acids is 1. The highest BCUT2D eigenvalue weighted by Gasteiger charge is 2.13. The third kappa shape index (κ3) is 5.37. The van der Waals surface area contributed by atoms with E-state index >= 15 is 0 Å². The van der Waals surface area contributed by atoms with Crippen LogP contribution in [0.2, 0.25) is 0 Å². The van der Waals surface area contributed by atoms with Crippen LogP contribution in [-0.2, 0) is 4.79 Å². The highest BCUT2D eigenvalue weighted by Crippen LogP contribution is 2.15. The van der Waals surface area contributed by atoms with Crippen molar-refractivity contribution >= 4 is 5.91 Å². The Morgan fingerprint density at radius 3 is 2.94 bits per heavy atom. The summed E-state index contributed by atoms with van der Waals surface area (Å²) in [7, 11) is 0. The third-order valence-electron chi connectivity index (χ3n) is 3.16. The van der Waals surface area contributed by atoms with Gasteiger partial charge in [-0.15, -0.1) is 5.92 Å². The minimum atomic E-state index is 0.138. The first-order chi connectivity index (χ1) is 8.65. The highest BCUT2D eigenvalue weighted by molar-refractivity contribution is 5.75. The van der Waals surface area contributed by atoms with Crippen molar-refractivity contribution in [1.82, 2.24) is 10.2 Å². The summed E-state index contributed by atoms with van der Waals surface area (Å²) in [5.41, 5.74) is 1.46. The van der Waals surface area contributed by atoms with Crippen LogP contribution in [0.3, 0.4) is 0 Å². The van der Waals surface area contributed by atoms with E-state index in [0.717, 1.165) is 32.5 Å². The SMILES string of the molecule is CC#CCN1CC=C(C[C@H](C)NC(=O)CC)CC1. The summed E-state index contributed by atoms with van der Waals surface area (Å²) in [5, 5.41) is 3.01. The summed E-state index contributed by atoms with van der Waals surface area (Å²) in [6.07, 6.45) is 4.92. The van der Waals surface area contributed by atoms with Gasteiger partial charge in [-0.3, -0.25) is 9.69 Å². The van der Waals surface area contributed by atoms with E-state index in [1.54, 1.807) is 0 Å². The van der Waals surface area contributed by atoms with Crippen LogP contribution >= 0.6 is 0 Å². The van der Waals surface area contributed by atoms with E-state index in [0.29, 0.717) is 6.42 Å². The van der Waals surface area contributed by atoms with Gasteiger partial charge in [0.05, 0.1) is 6.54 Å². The fraction of sp³-hybridized carbons (Fsp3) is 0.667. The number of nitrogens with one attached hydrogen (secondary N) is 1. The Balaban J connectivity index is 2.33. The zero-order valence-electron chi connectivity index (χ0n) is 11.8. The molecule has 1 N–H and O–H groups in total. The fourth-order valence-corrected chi connectivity index (χ4v) is 2.09. The van der Waals surface area contributed by atoms with Gasteiger partial charge in [0, 0.05) is 25.6 Å². The van der Waals surface area contributed by atoms with E-state index < -0.39 is 0 Å². The Morgan fingerprint density at radius 2 is 2.39 bits per heavy atom. The third-order valence-corrected chi connectivity index (χ3v) is 3.16. The van der Waals surface area contributed by atoms with Crippen molar-refractivity contribution in [2.75, 3.05) is 19.6 Å². The van der Waals surface area contributed by atoms with Crippen LogP contribution in [0.15, 0.2) is 11.6 Å². The second kappa shape index (κ2) is 7.94. The maximum atomic E-state index is 11.3. The molecule has 0 saturated heterocycles. The zero-order valence-corrected chi connectivity index (χ0v) is 11.8. The number of amides is 1. The van der Waals surface area contributed by atoms with E-state index in [2.05, 4.69) is 35.1 Å². The van der Waals surface area contributed by atoms with Gasteiger partial charge in [-0.1, -0.05) is 24.5 Å². The minimum Gasteiger partial charge on any atom is -0.353 e. The van der Waals surface area contributed by atoms with Gasteiger partial charge in [0.1, 0.15) is 0 Å². The predicted molar refractivity (Wildman–Crippen MR) is 75.1 cm³/mol. The molecular weight excluding hydrogens is 224 g/mol. The van der Waals surface area contributed by atoms with Crippen molar-refractivity contribution in [3.8, 4) is 11.8 Å². The van der Waals surface area contributed by atoms with Gasteiger partial charge in [0.2, 0.25) is 5.91 Å². The molecule has 1 aliphatic heterocycles. The molecule has 0 unspecified atom stereocenters. The highest BCUT2D eigenvalue weighted by atomic mass is 16.1. The molecule has 1 heterocycles. The van der Waals surface area contributed by atoms with Gasteiger partial charge in [-0.2, -0.15) is 0 Å². The van der Waals surface area contributed by atoms with Crippen molar-refractivity contribution in [1.29, 1.82) is 0 Å². The lowest BCUT2D eigenvalue weighted by Gasteiger charge is -2.25. The Morgan fingerprint density at radius 1 is 1.61 bits per heavy atom. The molecular formula is C15H24N2O. The summed E-state index contributed by atoms with van der Waals surface area (Å²) in [4.78, 5) is 13.6. The normalized spacial score (nSPS) is 17.4. The van der Waals surface area contributed by atoms with Gasteiger partial charge in [0.15, 0.2) is 0 Å². The smallest absolute Gasteiger partial charge is 0.219 e. The molecule has 3 heteroatoms. The number of hydrogen-bond acceptors (Lipinski definition) is 2. The molecule has 3 nitrogen and oxygen atoms in total. The molecule has 0 aromatic carbocycles. The first-order valence-corrected chi connectivity index (χ1v) is 6.75. The van der Waals surface area contributed by atoms with Crippen molar-refractivity contribution < 1.29 is 4.79 Å². The Hall–Kier alpha value is -1.27. The number of carbonyl (C=O) groups is 1. The molecule has 1 amide bonds. The minimum absolute atomic E-state index is 0.138. The first-order valence-electron chi connectivity index (χ1n) is 6.75. The van der Waals surface area contributed by atoms with Gasteiger partial charge in [-0.25, -0.2) is 0 Å². The number of nitrogens with zero attached hydrogens (tertiary/aromatic N) is 1. The van der Waals surface area contributed by atoms with E-state index in [4.69, 9.17) is 0 Å². The van der Waals surface area contributed by atoms with Crippen molar-refractivity contribution in [3.05, 3.63) is 11.6 Å². The molecule has 0 radical (unpaired) electrons. The molecule has 0 spiro atoms. The largest absolute Gasteiger partial charge is 0.353 e. The van der Waals surface area contributed by atoms with Crippen molar-refractivity contribution in [3.63, 3.8) is 0 Å². The van der Waals surface area contributed by atoms with E-state index in [1.807, 2.05) is 13.8 Å². The van der Waals surface area contributed by atoms with Gasteiger partial charge in [-0.05, 0) is 26.7 Å². The van der Waals surface area contributed by atoms with Crippen molar-refractivity contribution in [2.45, 2.75) is 46.1 Å². The van der Waals surface area contributed by atoms with E-state index in [9.17, 15) is 4.79 Å². The molecule has 0 saturated carbocycles. The van der Waals surface area contributed by atoms with Crippen molar-refractivity contribution in [2.24, 2.45) is 0 Å². The fourth-order valence-electron chi connectivity index (χ4n) is 2.09. The monoisotopic (exact) mass is 248 g/mol. The maximum Gasteiger partial charge on any atom is 0.219 e. The van der Waals surface area contributed by atoms with Gasteiger partial charge < -0.3 is 5.32 Å². The lowest BCUT2D eigenvalue weighted by Crippen LogP contribution is -2.34. The molecule has 0 aromatic heterocycles. The van der Waals surface area contributed by atoms with Crippen LogP contribution in [0.4, 0.5) is 0 Å². The average molecular weight is 248 g/mol. The van der Waals surface area contributed by atoms with Crippen LogP contribution in [0.25, 0.3) is 0 Å². The molecule has 1 rings (SSSR count). The Bertz CT molecular complexity index is 362. The van der Waals surface area contributed by atoms with Crippen LogP contribution in [0.5, 0.6) is 0 Å². The second-order valence-electron chi connectivity index (χ2n) is 4.80. The number of hydrogen-bond donors (Lipinski definition) is 1. The molecule has 1 atom stereocenters. The molecule has 0 aliphatic carbocycles. The molecule has 0 fully saturated rings. The first kappa shape index (κ1) is 14.8. The summed E-state index contributed by atoms with van der Waals surface area (Å²) >= 11 is 0. The molecule has 1 aliphatic rings. The van der Waals surface area contributed by atoms with Crippen LogP contribution < -0.4 is 5.32 Å². The van der Waals surface area contributed by atoms with Crippen LogP contribution in [0.1, 0.15) is 40.0 Å². The standard InChI is InChI=1S/C15H24N2O/c1-4-6-9-17-10-7-14(8-11-17)12-13(3)16-15(18)5-2/h7,13H,5,8-12H2,1-3H3,(H,16,18)/t13-/m0/s1. The van der Waals surface area contributed by atoms with Gasteiger partial charge >= 0.3 is 0 Å². The van der Waals surface area contributed by atoms with Gasteiger partial charge in [0.25, 0.3) is 0 Å². The van der Waals surface area contributed by atoms with E-state index in [-0.39, 0.29) is 11.9 Å². The summed E-state index contributed by atoms with van der Waals surface area (Å²) in [6, 6.07) is 0.241. The summed E-state index contributed by atoms with van der Waals surface area (Å²) < 4.78 is 0. The van der Waals surface area contributed by atoms with Crippen LogP contribution in [0, 0.1) is 11.8 Å². The zero-order chi connectivity index (χ0) is 13.4. The predicted octanol–water partition coefficient (Wildman–Crippen LogP) is 1.95. The number of rotatable bonds is 5. The lowest BCUT2D eigenvalue weighted by atomic mass is 10.0. The second-order valence-corrected chi connectivity index (χ2v) is 4.80. The van der Waals surface area contributed by atoms with E-state index in [1.165, 1.54) is 5.57 Å². The lowest BCUT2D eigenvalue weighted by molar-refractivity contribution is -0.121. The summed E-state index contributed by atoms with van der Waals surface area (Å²) in [5.74, 6) is 6.16. The molecule has 100 valence electrons. The maximum absolute atomic E-state index is 11.3. The topological polar surface area (TPSA) is 32.3 Å². The molecule has 0 bridgehead atoms. The Kier molecular flexibility index (Phi) is 6.53. The average Bonchev–Trinajstić information content (AvgIpc) is 2.37. The quantitative estimate of drug-likeness (QED) is 0.596. The van der Waals surface area contributed by atoms with Crippen LogP contribution in [-0.4, -0.2) is 36.5 Å². The summed E-state index contributed by atoms with van der Waals surface area (Å²) in [6.45, 7) is 8.76. The Labute approximate surface area is 111 Å².